The van der Waals surface area contributed by atoms with E-state index in [0.717, 1.165) is 26.2 Å². The summed E-state index contributed by atoms with van der Waals surface area (Å²) < 4.78 is 0. The van der Waals surface area contributed by atoms with Crippen LogP contribution in [0.2, 0.25) is 0 Å². The van der Waals surface area contributed by atoms with Gasteiger partial charge in [-0.3, -0.25) is 14.5 Å². The number of hydrogen-bond donors (Lipinski definition) is 3. The number of rotatable bonds is 7. The third kappa shape index (κ3) is 3.95. The lowest BCUT2D eigenvalue weighted by Gasteiger charge is -2.22. The fourth-order valence-electron chi connectivity index (χ4n) is 3.78. The summed E-state index contributed by atoms with van der Waals surface area (Å²) in [6.45, 7) is 3.76. The van der Waals surface area contributed by atoms with Gasteiger partial charge in [0.1, 0.15) is 12.6 Å². The molecule has 0 unspecified atom stereocenters. The number of nitrogens with one attached hydrogen (secondary N) is 3. The molecule has 0 aliphatic carbocycles. The molecule has 1 aromatic carbocycles. The minimum Gasteiger partial charge on any atom is -0.361 e. The van der Waals surface area contributed by atoms with Gasteiger partial charge in [-0.2, -0.15) is 0 Å². The maximum Gasteiger partial charge on any atom is 0.325 e. The fourth-order valence-corrected chi connectivity index (χ4v) is 4.73. The molecule has 4 amide bonds. The molecule has 1 aliphatic heterocycles. The summed E-state index contributed by atoms with van der Waals surface area (Å²) in [5, 5.41) is 8.66. The first-order valence-corrected chi connectivity index (χ1v) is 10.8. The van der Waals surface area contributed by atoms with Gasteiger partial charge in [0.15, 0.2) is 0 Å². The van der Waals surface area contributed by atoms with Crippen LogP contribution in [0.25, 0.3) is 10.9 Å². The standard InChI is InChI=1S/C22H24N4O3S/c1-13(2)20(18-8-5-9-30-18)25-19(27)12-26-21(28)17(24-22(26)29)10-14-11-23-16-7-4-3-6-15(14)16/h3-9,11,13,17,20,23H,10,12H2,1-2H3,(H,24,29)(H,25,27)/t17-,20+/m1/s1. The van der Waals surface area contributed by atoms with Crippen LogP contribution < -0.4 is 10.6 Å². The molecule has 0 spiro atoms. The fraction of sp³-hybridized carbons (Fsp3) is 0.318. The number of H-pyrrole nitrogens is 1. The van der Waals surface area contributed by atoms with E-state index in [1.165, 1.54) is 0 Å². The third-order valence-corrected chi connectivity index (χ3v) is 6.30. The van der Waals surface area contributed by atoms with E-state index in [9.17, 15) is 14.4 Å². The Kier molecular flexibility index (Phi) is 5.59. The average molecular weight is 425 g/mol. The van der Waals surface area contributed by atoms with Gasteiger partial charge in [-0.25, -0.2) is 4.79 Å². The lowest BCUT2D eigenvalue weighted by molar-refractivity contribution is -0.132. The molecule has 156 valence electrons. The highest BCUT2D eigenvalue weighted by molar-refractivity contribution is 7.10. The summed E-state index contributed by atoms with van der Waals surface area (Å²) in [7, 11) is 0. The Bertz CT molecular complexity index is 1070. The molecule has 3 heterocycles. The Morgan fingerprint density at radius 2 is 2.00 bits per heavy atom. The van der Waals surface area contributed by atoms with Crippen molar-refractivity contribution >= 4 is 40.1 Å². The van der Waals surface area contributed by atoms with Gasteiger partial charge in [-0.1, -0.05) is 38.1 Å². The molecule has 3 N–H and O–H groups in total. The first-order chi connectivity index (χ1) is 14.4. The summed E-state index contributed by atoms with van der Waals surface area (Å²) in [4.78, 5) is 43.0. The van der Waals surface area contributed by atoms with E-state index in [2.05, 4.69) is 15.6 Å². The Balaban J connectivity index is 1.42. The molecule has 3 aromatic rings. The molecule has 0 bridgehead atoms. The molecule has 2 atom stereocenters. The van der Waals surface area contributed by atoms with Crippen molar-refractivity contribution in [3.63, 3.8) is 0 Å². The van der Waals surface area contributed by atoms with Gasteiger partial charge in [-0.15, -0.1) is 11.3 Å². The number of fused-ring (bicyclic) bond motifs is 1. The molecule has 1 saturated heterocycles. The van der Waals surface area contributed by atoms with Crippen molar-refractivity contribution in [3.8, 4) is 0 Å². The normalized spacial score (nSPS) is 17.6. The van der Waals surface area contributed by atoms with Crippen molar-refractivity contribution in [1.29, 1.82) is 0 Å². The van der Waals surface area contributed by atoms with Crippen LogP contribution in [0, 0.1) is 5.92 Å². The second-order valence-electron chi connectivity index (χ2n) is 7.79. The average Bonchev–Trinajstić information content (AvgIpc) is 3.44. The SMILES string of the molecule is CC(C)[C@H](NC(=O)CN1C(=O)N[C@H](Cc2c[nH]c3ccccc23)C1=O)c1cccs1. The number of amides is 4. The van der Waals surface area contributed by atoms with Crippen molar-refractivity contribution in [2.24, 2.45) is 5.92 Å². The van der Waals surface area contributed by atoms with E-state index in [1.54, 1.807) is 11.3 Å². The van der Waals surface area contributed by atoms with Crippen LogP contribution in [-0.4, -0.2) is 40.3 Å². The van der Waals surface area contributed by atoms with Gasteiger partial charge in [0.25, 0.3) is 5.91 Å². The highest BCUT2D eigenvalue weighted by Crippen LogP contribution is 2.26. The number of para-hydroxylation sites is 1. The Morgan fingerprint density at radius 1 is 1.20 bits per heavy atom. The monoisotopic (exact) mass is 424 g/mol. The van der Waals surface area contributed by atoms with E-state index < -0.39 is 12.1 Å². The molecule has 1 fully saturated rings. The van der Waals surface area contributed by atoms with Crippen LogP contribution in [0.4, 0.5) is 4.79 Å². The number of thiophene rings is 1. The third-order valence-electron chi connectivity index (χ3n) is 5.34. The van der Waals surface area contributed by atoms with Crippen LogP contribution in [0.3, 0.4) is 0 Å². The van der Waals surface area contributed by atoms with Crippen LogP contribution >= 0.6 is 11.3 Å². The van der Waals surface area contributed by atoms with Crippen LogP contribution in [0.15, 0.2) is 48.0 Å². The second-order valence-corrected chi connectivity index (χ2v) is 8.77. The summed E-state index contributed by atoms with van der Waals surface area (Å²) >= 11 is 1.57. The van der Waals surface area contributed by atoms with E-state index in [1.807, 2.05) is 61.8 Å². The second kappa shape index (κ2) is 8.31. The molecular formula is C22H24N4O3S. The lowest BCUT2D eigenvalue weighted by Crippen LogP contribution is -2.43. The number of imide groups is 1. The molecule has 0 saturated carbocycles. The van der Waals surface area contributed by atoms with Gasteiger partial charge < -0.3 is 15.6 Å². The summed E-state index contributed by atoms with van der Waals surface area (Å²) in [5.74, 6) is -0.540. The number of benzene rings is 1. The summed E-state index contributed by atoms with van der Waals surface area (Å²) in [6.07, 6.45) is 2.23. The van der Waals surface area contributed by atoms with Gasteiger partial charge in [-0.05, 0) is 29.0 Å². The zero-order valence-electron chi connectivity index (χ0n) is 16.8. The van der Waals surface area contributed by atoms with Crippen molar-refractivity contribution in [1.82, 2.24) is 20.5 Å². The number of carbonyl (C=O) groups excluding carboxylic acids is 3. The number of aromatic nitrogens is 1. The number of hydrogen-bond acceptors (Lipinski definition) is 4. The summed E-state index contributed by atoms with van der Waals surface area (Å²) in [5.41, 5.74) is 1.93. The predicted molar refractivity (Wildman–Crippen MR) is 116 cm³/mol. The van der Waals surface area contributed by atoms with Crippen molar-refractivity contribution in [2.75, 3.05) is 6.54 Å². The number of aromatic amines is 1. The zero-order valence-corrected chi connectivity index (χ0v) is 17.7. The molecule has 8 heteroatoms. The Morgan fingerprint density at radius 3 is 2.73 bits per heavy atom. The minimum atomic E-state index is -0.678. The quantitative estimate of drug-likeness (QED) is 0.509. The highest BCUT2D eigenvalue weighted by Gasteiger charge is 2.39. The molecule has 0 radical (unpaired) electrons. The highest BCUT2D eigenvalue weighted by atomic mass is 32.1. The maximum atomic E-state index is 12.8. The van der Waals surface area contributed by atoms with Crippen LogP contribution in [0.1, 0.15) is 30.3 Å². The van der Waals surface area contributed by atoms with Crippen molar-refractivity contribution in [3.05, 3.63) is 58.4 Å². The van der Waals surface area contributed by atoms with Crippen LogP contribution in [-0.2, 0) is 16.0 Å². The summed E-state index contributed by atoms with van der Waals surface area (Å²) in [6, 6.07) is 10.4. The van der Waals surface area contributed by atoms with E-state index in [-0.39, 0.29) is 30.3 Å². The van der Waals surface area contributed by atoms with Crippen molar-refractivity contribution in [2.45, 2.75) is 32.4 Å². The van der Waals surface area contributed by atoms with Gasteiger partial charge in [0.2, 0.25) is 5.91 Å². The molecule has 30 heavy (non-hydrogen) atoms. The molecular weight excluding hydrogens is 400 g/mol. The molecule has 7 nitrogen and oxygen atoms in total. The number of carbonyl (C=O) groups is 3. The maximum absolute atomic E-state index is 12.8. The van der Waals surface area contributed by atoms with Gasteiger partial charge in [0, 0.05) is 28.4 Å². The largest absolute Gasteiger partial charge is 0.361 e. The molecule has 2 aromatic heterocycles. The Hall–Kier alpha value is -3.13. The number of nitrogens with zero attached hydrogens (tertiary/aromatic N) is 1. The molecule has 4 rings (SSSR count). The zero-order chi connectivity index (χ0) is 21.3. The van der Waals surface area contributed by atoms with E-state index in [4.69, 9.17) is 0 Å². The number of urea groups is 1. The van der Waals surface area contributed by atoms with E-state index >= 15 is 0 Å². The Labute approximate surface area is 178 Å². The van der Waals surface area contributed by atoms with Crippen molar-refractivity contribution < 1.29 is 14.4 Å². The molecule has 1 aliphatic rings. The predicted octanol–water partition coefficient (Wildman–Crippen LogP) is 3.21. The lowest BCUT2D eigenvalue weighted by atomic mass is 10.0. The first-order valence-electron chi connectivity index (χ1n) is 9.93. The van der Waals surface area contributed by atoms with Gasteiger partial charge in [0.05, 0.1) is 6.04 Å². The van der Waals surface area contributed by atoms with Crippen LogP contribution in [0.5, 0.6) is 0 Å². The van der Waals surface area contributed by atoms with Gasteiger partial charge >= 0.3 is 6.03 Å². The minimum absolute atomic E-state index is 0.153. The van der Waals surface area contributed by atoms with E-state index in [0.29, 0.717) is 6.42 Å². The smallest absolute Gasteiger partial charge is 0.325 e. The topological polar surface area (TPSA) is 94.3 Å². The first kappa shape index (κ1) is 20.2.